The molecular formula is C15H19ClFIN2O. The van der Waals surface area contributed by atoms with Crippen LogP contribution in [0.2, 0.25) is 0 Å². The molecular weight excluding hydrogens is 406 g/mol. The van der Waals surface area contributed by atoms with Crippen molar-refractivity contribution in [2.24, 2.45) is 0 Å². The molecule has 0 aliphatic heterocycles. The van der Waals surface area contributed by atoms with Gasteiger partial charge in [-0.25, -0.2) is 9.37 Å². The van der Waals surface area contributed by atoms with Crippen LogP contribution < -0.4 is 0 Å². The second kappa shape index (κ2) is 7.74. The van der Waals surface area contributed by atoms with Crippen molar-refractivity contribution in [3.63, 3.8) is 0 Å². The van der Waals surface area contributed by atoms with Gasteiger partial charge in [0.2, 0.25) is 0 Å². The highest BCUT2D eigenvalue weighted by molar-refractivity contribution is 14.1. The molecule has 0 radical (unpaired) electrons. The van der Waals surface area contributed by atoms with Crippen LogP contribution in [0, 0.1) is 9.39 Å². The molecule has 0 saturated heterocycles. The van der Waals surface area contributed by atoms with Crippen LogP contribution in [0.15, 0.2) is 12.1 Å². The molecule has 2 aromatic rings. The van der Waals surface area contributed by atoms with Crippen LogP contribution in [0.1, 0.15) is 37.4 Å². The van der Waals surface area contributed by atoms with E-state index in [0.29, 0.717) is 3.57 Å². The zero-order chi connectivity index (χ0) is 15.4. The molecule has 0 N–H and O–H groups in total. The van der Waals surface area contributed by atoms with Gasteiger partial charge in [-0.3, -0.25) is 0 Å². The number of imidazole rings is 1. The Balaban J connectivity index is 2.26. The largest absolute Gasteiger partial charge is 0.385 e. The van der Waals surface area contributed by atoms with Gasteiger partial charge in [0.15, 0.2) is 0 Å². The van der Waals surface area contributed by atoms with Crippen molar-refractivity contribution < 1.29 is 9.13 Å². The van der Waals surface area contributed by atoms with Gasteiger partial charge >= 0.3 is 0 Å². The molecule has 1 atom stereocenters. The number of aromatic nitrogens is 2. The normalized spacial score (nSPS) is 13.0. The Bertz CT molecular complexity index is 615. The van der Waals surface area contributed by atoms with Crippen LogP contribution in [0.4, 0.5) is 4.39 Å². The lowest BCUT2D eigenvalue weighted by Crippen LogP contribution is -2.05. The average Bonchev–Trinajstić information content (AvgIpc) is 2.77. The fourth-order valence-corrected chi connectivity index (χ4v) is 2.99. The minimum atomic E-state index is -0.211. The fourth-order valence-electron chi connectivity index (χ4n) is 2.37. The summed E-state index contributed by atoms with van der Waals surface area (Å²) in [5, 5.41) is -0.197. The van der Waals surface area contributed by atoms with Gasteiger partial charge in [-0.2, -0.15) is 0 Å². The summed E-state index contributed by atoms with van der Waals surface area (Å²) in [6.07, 6.45) is 3.09. The van der Waals surface area contributed by atoms with Gasteiger partial charge in [0.25, 0.3) is 0 Å². The van der Waals surface area contributed by atoms with Crippen molar-refractivity contribution in [2.75, 3.05) is 13.7 Å². The molecule has 1 unspecified atom stereocenters. The third-order valence-electron chi connectivity index (χ3n) is 3.41. The second-order valence-electron chi connectivity index (χ2n) is 5.05. The molecule has 0 bridgehead atoms. The fraction of sp³-hybridized carbons (Fsp3) is 0.533. The summed E-state index contributed by atoms with van der Waals surface area (Å²) in [6.45, 7) is 3.47. The number of fused-ring (bicyclic) bond motifs is 1. The van der Waals surface area contributed by atoms with E-state index in [9.17, 15) is 4.39 Å². The first-order valence-corrected chi connectivity index (χ1v) is 8.54. The maximum atomic E-state index is 13.8. The molecule has 1 heterocycles. The van der Waals surface area contributed by atoms with E-state index in [4.69, 9.17) is 16.3 Å². The Morgan fingerprint density at radius 3 is 2.81 bits per heavy atom. The maximum absolute atomic E-state index is 13.8. The predicted octanol–water partition coefficient (Wildman–Crippen LogP) is 4.90. The van der Waals surface area contributed by atoms with E-state index in [-0.39, 0.29) is 11.2 Å². The zero-order valence-corrected chi connectivity index (χ0v) is 15.1. The number of halogens is 3. The minimum absolute atomic E-state index is 0.197. The van der Waals surface area contributed by atoms with Crippen LogP contribution >= 0.6 is 34.2 Å². The molecule has 1 aromatic carbocycles. The molecule has 0 saturated carbocycles. The number of unbranched alkanes of at least 4 members (excludes halogenated alkanes) is 2. The number of aryl methyl sites for hydroxylation is 1. The molecule has 0 aliphatic carbocycles. The van der Waals surface area contributed by atoms with Crippen molar-refractivity contribution in [3.8, 4) is 0 Å². The number of hydrogen-bond acceptors (Lipinski definition) is 2. The standard InChI is InChI=1S/C15H19ClFIN2O/c1-10(16)15-19-13-9-12(18)11(17)8-14(13)20(15)6-4-3-5-7-21-2/h8-10H,3-7H2,1-2H3. The molecule has 0 amide bonds. The summed E-state index contributed by atoms with van der Waals surface area (Å²) in [4.78, 5) is 4.56. The summed E-state index contributed by atoms with van der Waals surface area (Å²) >= 11 is 8.21. The Labute approximate surface area is 143 Å². The number of nitrogens with zero attached hydrogens (tertiary/aromatic N) is 2. The Kier molecular flexibility index (Phi) is 6.25. The Morgan fingerprint density at radius 1 is 1.38 bits per heavy atom. The molecule has 0 fully saturated rings. The van der Waals surface area contributed by atoms with Gasteiger partial charge in [0.1, 0.15) is 11.6 Å². The number of benzene rings is 1. The first-order valence-electron chi connectivity index (χ1n) is 7.02. The zero-order valence-electron chi connectivity index (χ0n) is 12.2. The van der Waals surface area contributed by atoms with Crippen LogP contribution in [-0.2, 0) is 11.3 Å². The highest BCUT2D eigenvalue weighted by atomic mass is 127. The Morgan fingerprint density at radius 2 is 2.14 bits per heavy atom. The number of hydrogen-bond donors (Lipinski definition) is 0. The highest BCUT2D eigenvalue weighted by Crippen LogP contribution is 2.27. The van der Waals surface area contributed by atoms with E-state index in [1.807, 2.05) is 34.1 Å². The molecule has 21 heavy (non-hydrogen) atoms. The van der Waals surface area contributed by atoms with Gasteiger partial charge in [-0.05, 0) is 54.8 Å². The van der Waals surface area contributed by atoms with Gasteiger partial charge in [-0.15, -0.1) is 11.6 Å². The lowest BCUT2D eigenvalue weighted by molar-refractivity contribution is 0.191. The average molecular weight is 425 g/mol. The summed E-state index contributed by atoms with van der Waals surface area (Å²) < 4.78 is 21.5. The molecule has 116 valence electrons. The third-order valence-corrected chi connectivity index (χ3v) is 4.43. The van der Waals surface area contributed by atoms with Crippen molar-refractivity contribution >= 4 is 45.2 Å². The van der Waals surface area contributed by atoms with Crippen LogP contribution in [0.3, 0.4) is 0 Å². The number of ether oxygens (including phenoxy) is 1. The minimum Gasteiger partial charge on any atom is -0.385 e. The van der Waals surface area contributed by atoms with E-state index in [1.54, 1.807) is 19.2 Å². The smallest absolute Gasteiger partial charge is 0.138 e. The van der Waals surface area contributed by atoms with E-state index in [1.165, 1.54) is 0 Å². The number of alkyl halides is 1. The summed E-state index contributed by atoms with van der Waals surface area (Å²) in [5.74, 6) is 0.595. The quantitative estimate of drug-likeness (QED) is 0.359. The van der Waals surface area contributed by atoms with E-state index >= 15 is 0 Å². The first-order chi connectivity index (χ1) is 10.0. The molecule has 2 rings (SSSR count). The summed E-state index contributed by atoms with van der Waals surface area (Å²) in [5.41, 5.74) is 1.63. The lowest BCUT2D eigenvalue weighted by atomic mass is 10.2. The number of rotatable bonds is 7. The highest BCUT2D eigenvalue weighted by Gasteiger charge is 2.16. The summed E-state index contributed by atoms with van der Waals surface area (Å²) in [7, 11) is 1.71. The molecule has 1 aromatic heterocycles. The first kappa shape index (κ1) is 17.0. The topological polar surface area (TPSA) is 27.1 Å². The van der Waals surface area contributed by atoms with Gasteiger partial charge in [-0.1, -0.05) is 0 Å². The van der Waals surface area contributed by atoms with Crippen LogP contribution in [-0.4, -0.2) is 23.3 Å². The van der Waals surface area contributed by atoms with E-state index in [2.05, 4.69) is 4.98 Å². The van der Waals surface area contributed by atoms with Crippen LogP contribution in [0.5, 0.6) is 0 Å². The molecule has 0 aliphatic rings. The monoisotopic (exact) mass is 424 g/mol. The molecule has 3 nitrogen and oxygen atoms in total. The predicted molar refractivity (Wildman–Crippen MR) is 92.4 cm³/mol. The Hall–Kier alpha value is -0.400. The number of methoxy groups -OCH3 is 1. The SMILES string of the molecule is COCCCCCn1c(C(C)Cl)nc2cc(I)c(F)cc21. The molecule has 0 spiro atoms. The lowest BCUT2D eigenvalue weighted by Gasteiger charge is -2.10. The van der Waals surface area contributed by atoms with Crippen molar-refractivity contribution in [3.05, 3.63) is 27.3 Å². The van der Waals surface area contributed by atoms with E-state index in [0.717, 1.165) is 49.3 Å². The van der Waals surface area contributed by atoms with Crippen molar-refractivity contribution in [1.82, 2.24) is 9.55 Å². The van der Waals surface area contributed by atoms with Crippen molar-refractivity contribution in [2.45, 2.75) is 38.1 Å². The van der Waals surface area contributed by atoms with Gasteiger partial charge < -0.3 is 9.30 Å². The summed E-state index contributed by atoms with van der Waals surface area (Å²) in [6, 6.07) is 3.33. The molecule has 6 heteroatoms. The third kappa shape index (κ3) is 4.07. The van der Waals surface area contributed by atoms with Crippen molar-refractivity contribution in [1.29, 1.82) is 0 Å². The van der Waals surface area contributed by atoms with Gasteiger partial charge in [0.05, 0.1) is 20.0 Å². The second-order valence-corrected chi connectivity index (χ2v) is 6.86. The van der Waals surface area contributed by atoms with Crippen LogP contribution in [0.25, 0.3) is 11.0 Å². The van der Waals surface area contributed by atoms with Gasteiger partial charge in [0, 0.05) is 26.3 Å². The maximum Gasteiger partial charge on any atom is 0.138 e. The van der Waals surface area contributed by atoms with E-state index < -0.39 is 0 Å².